The molecule has 1 aliphatic rings. The predicted molar refractivity (Wildman–Crippen MR) is 89.0 cm³/mol. The van der Waals surface area contributed by atoms with Crippen molar-refractivity contribution in [3.8, 4) is 5.75 Å². The Kier molecular flexibility index (Phi) is 5.18. The summed E-state index contributed by atoms with van der Waals surface area (Å²) in [6, 6.07) is 3.89. The van der Waals surface area contributed by atoms with Crippen LogP contribution in [0.5, 0.6) is 5.75 Å². The average molecular weight is 311 g/mol. The zero-order chi connectivity index (χ0) is 15.6. The molecule has 4 heteroatoms. The quantitative estimate of drug-likeness (QED) is 0.805. The van der Waals surface area contributed by atoms with Crippen LogP contribution in [-0.2, 0) is 5.41 Å². The minimum Gasteiger partial charge on any atom is -0.491 e. The van der Waals surface area contributed by atoms with Crippen molar-refractivity contribution in [2.45, 2.75) is 51.5 Å². The Morgan fingerprint density at radius 2 is 2.05 bits per heavy atom. The standard InChI is InChI=1S/C17H27ClN2O/c1-4-17(2,3)12-7-13(15(20)9-19)16(14(18)8-12)21-10-11-5-6-11/h7-8,11,15H,4-6,9-10,19-20H2,1-3H3. The van der Waals surface area contributed by atoms with Gasteiger partial charge in [0.05, 0.1) is 11.6 Å². The molecule has 1 unspecified atom stereocenters. The molecule has 1 fully saturated rings. The fourth-order valence-corrected chi connectivity index (χ4v) is 2.53. The molecule has 4 N–H and O–H groups in total. The van der Waals surface area contributed by atoms with Crippen LogP contribution >= 0.6 is 11.6 Å². The lowest BCUT2D eigenvalue weighted by molar-refractivity contribution is 0.295. The third kappa shape index (κ3) is 3.91. The van der Waals surface area contributed by atoms with Gasteiger partial charge in [0, 0.05) is 18.2 Å². The molecule has 0 saturated heterocycles. The highest BCUT2D eigenvalue weighted by Crippen LogP contribution is 2.39. The zero-order valence-electron chi connectivity index (χ0n) is 13.3. The van der Waals surface area contributed by atoms with Crippen LogP contribution in [0, 0.1) is 5.92 Å². The van der Waals surface area contributed by atoms with Crippen molar-refractivity contribution in [3.05, 3.63) is 28.3 Å². The van der Waals surface area contributed by atoms with Crippen molar-refractivity contribution in [2.24, 2.45) is 17.4 Å². The highest BCUT2D eigenvalue weighted by molar-refractivity contribution is 6.32. The zero-order valence-corrected chi connectivity index (χ0v) is 14.0. The van der Waals surface area contributed by atoms with E-state index in [0.29, 0.717) is 17.5 Å². The number of nitrogens with two attached hydrogens (primary N) is 2. The Labute approximate surface area is 133 Å². The maximum absolute atomic E-state index is 6.48. The topological polar surface area (TPSA) is 61.3 Å². The van der Waals surface area contributed by atoms with Crippen molar-refractivity contribution >= 4 is 11.6 Å². The molecule has 1 aromatic carbocycles. The van der Waals surface area contributed by atoms with Gasteiger partial charge in [-0.25, -0.2) is 0 Å². The Balaban J connectivity index is 2.37. The highest BCUT2D eigenvalue weighted by Gasteiger charge is 2.26. The summed E-state index contributed by atoms with van der Waals surface area (Å²) in [5.74, 6) is 1.40. The van der Waals surface area contributed by atoms with Gasteiger partial charge in [0.25, 0.3) is 0 Å². The van der Waals surface area contributed by atoms with Crippen molar-refractivity contribution in [2.75, 3.05) is 13.2 Å². The molecule has 0 bridgehead atoms. The summed E-state index contributed by atoms with van der Waals surface area (Å²) in [6.07, 6.45) is 3.52. The van der Waals surface area contributed by atoms with E-state index >= 15 is 0 Å². The molecule has 0 amide bonds. The van der Waals surface area contributed by atoms with E-state index in [-0.39, 0.29) is 11.5 Å². The number of hydrogen-bond acceptors (Lipinski definition) is 3. The van der Waals surface area contributed by atoms with Crippen molar-refractivity contribution < 1.29 is 4.74 Å². The van der Waals surface area contributed by atoms with E-state index in [9.17, 15) is 0 Å². The number of ether oxygens (including phenoxy) is 1. The molecule has 1 atom stereocenters. The molecule has 0 aromatic heterocycles. The van der Waals surface area contributed by atoms with E-state index in [1.807, 2.05) is 6.07 Å². The summed E-state index contributed by atoms with van der Waals surface area (Å²) in [5, 5.41) is 0.647. The number of halogens is 1. The first kappa shape index (κ1) is 16.6. The summed E-state index contributed by atoms with van der Waals surface area (Å²) in [4.78, 5) is 0. The third-order valence-electron chi connectivity index (χ3n) is 4.55. The van der Waals surface area contributed by atoms with Crippen LogP contribution < -0.4 is 16.2 Å². The predicted octanol–water partition coefficient (Wildman–Crippen LogP) is 3.77. The van der Waals surface area contributed by atoms with E-state index in [1.165, 1.54) is 18.4 Å². The Hall–Kier alpha value is -0.770. The van der Waals surface area contributed by atoms with Crippen LogP contribution in [0.4, 0.5) is 0 Å². The molecule has 0 heterocycles. The van der Waals surface area contributed by atoms with E-state index in [1.54, 1.807) is 0 Å². The van der Waals surface area contributed by atoms with E-state index in [4.69, 9.17) is 27.8 Å². The Morgan fingerprint density at radius 1 is 1.38 bits per heavy atom. The minimum atomic E-state index is -0.246. The maximum Gasteiger partial charge on any atom is 0.142 e. The molecule has 21 heavy (non-hydrogen) atoms. The van der Waals surface area contributed by atoms with E-state index < -0.39 is 0 Å². The molecule has 2 rings (SSSR count). The SMILES string of the molecule is CCC(C)(C)c1cc(Cl)c(OCC2CC2)c(C(N)CN)c1. The largest absolute Gasteiger partial charge is 0.491 e. The molecule has 1 aromatic rings. The highest BCUT2D eigenvalue weighted by atomic mass is 35.5. The van der Waals surface area contributed by atoms with Crippen LogP contribution in [0.2, 0.25) is 5.02 Å². The third-order valence-corrected chi connectivity index (χ3v) is 4.83. The smallest absolute Gasteiger partial charge is 0.142 e. The Bertz CT molecular complexity index is 498. The summed E-state index contributed by atoms with van der Waals surface area (Å²) in [5.41, 5.74) is 14.1. The average Bonchev–Trinajstić information content (AvgIpc) is 3.28. The molecule has 1 saturated carbocycles. The molecule has 3 nitrogen and oxygen atoms in total. The molecule has 0 radical (unpaired) electrons. The molecule has 0 aliphatic heterocycles. The number of rotatable bonds is 7. The molecule has 1 aliphatic carbocycles. The fourth-order valence-electron chi connectivity index (χ4n) is 2.25. The summed E-state index contributed by atoms with van der Waals surface area (Å²) in [7, 11) is 0. The van der Waals surface area contributed by atoms with Gasteiger partial charge in [-0.2, -0.15) is 0 Å². The second-order valence-electron chi connectivity index (χ2n) is 6.71. The summed E-state index contributed by atoms with van der Waals surface area (Å²) >= 11 is 6.48. The number of hydrogen-bond donors (Lipinski definition) is 2. The lowest BCUT2D eigenvalue weighted by atomic mass is 9.81. The lowest BCUT2D eigenvalue weighted by Gasteiger charge is -2.27. The first-order chi connectivity index (χ1) is 9.89. The van der Waals surface area contributed by atoms with Crippen LogP contribution in [0.15, 0.2) is 12.1 Å². The normalized spacial score (nSPS) is 16.9. The van der Waals surface area contributed by atoms with Gasteiger partial charge in [0.15, 0.2) is 0 Å². The monoisotopic (exact) mass is 310 g/mol. The summed E-state index contributed by atoms with van der Waals surface area (Å²) in [6.45, 7) is 7.70. The maximum atomic E-state index is 6.48. The molecular formula is C17H27ClN2O. The van der Waals surface area contributed by atoms with Crippen LogP contribution in [0.3, 0.4) is 0 Å². The van der Waals surface area contributed by atoms with Gasteiger partial charge in [-0.15, -0.1) is 0 Å². The summed E-state index contributed by atoms with van der Waals surface area (Å²) < 4.78 is 5.95. The van der Waals surface area contributed by atoms with Crippen molar-refractivity contribution in [3.63, 3.8) is 0 Å². The van der Waals surface area contributed by atoms with Crippen LogP contribution in [-0.4, -0.2) is 13.2 Å². The van der Waals surface area contributed by atoms with Gasteiger partial charge in [0.1, 0.15) is 5.75 Å². The van der Waals surface area contributed by atoms with Gasteiger partial charge in [-0.05, 0) is 48.3 Å². The van der Waals surface area contributed by atoms with Gasteiger partial charge in [-0.3, -0.25) is 0 Å². The van der Waals surface area contributed by atoms with Gasteiger partial charge < -0.3 is 16.2 Å². The fraction of sp³-hybridized carbons (Fsp3) is 0.647. The van der Waals surface area contributed by atoms with Crippen LogP contribution in [0.1, 0.15) is 57.2 Å². The second-order valence-corrected chi connectivity index (χ2v) is 7.12. The van der Waals surface area contributed by atoms with Crippen molar-refractivity contribution in [1.29, 1.82) is 0 Å². The minimum absolute atomic E-state index is 0.0573. The molecule has 0 spiro atoms. The first-order valence-corrected chi connectivity index (χ1v) is 8.19. The first-order valence-electron chi connectivity index (χ1n) is 7.81. The van der Waals surface area contributed by atoms with Gasteiger partial charge in [0.2, 0.25) is 0 Å². The number of benzene rings is 1. The molecular weight excluding hydrogens is 284 g/mol. The van der Waals surface area contributed by atoms with E-state index in [0.717, 1.165) is 24.3 Å². The Morgan fingerprint density at radius 3 is 2.57 bits per heavy atom. The van der Waals surface area contributed by atoms with Gasteiger partial charge >= 0.3 is 0 Å². The van der Waals surface area contributed by atoms with Gasteiger partial charge in [-0.1, -0.05) is 32.4 Å². The van der Waals surface area contributed by atoms with E-state index in [2.05, 4.69) is 26.8 Å². The second kappa shape index (κ2) is 6.55. The molecule has 118 valence electrons. The van der Waals surface area contributed by atoms with Crippen LogP contribution in [0.25, 0.3) is 0 Å². The van der Waals surface area contributed by atoms with Crippen molar-refractivity contribution in [1.82, 2.24) is 0 Å². The lowest BCUT2D eigenvalue weighted by Crippen LogP contribution is -2.23.